The van der Waals surface area contributed by atoms with Crippen LogP contribution < -0.4 is 5.32 Å². The molecule has 4 heteroatoms. The molecule has 1 aliphatic rings. The Hall–Kier alpha value is -0.610. The van der Waals surface area contributed by atoms with Crippen LogP contribution in [-0.4, -0.2) is 36.6 Å². The zero-order valence-electron chi connectivity index (χ0n) is 9.62. The fourth-order valence-electron chi connectivity index (χ4n) is 2.04. The quantitative estimate of drug-likeness (QED) is 0.865. The van der Waals surface area contributed by atoms with Gasteiger partial charge in [-0.15, -0.1) is 0 Å². The van der Waals surface area contributed by atoms with E-state index in [1.165, 1.54) is 25.9 Å². The molecular formula is C12H18BrN3. The lowest BCUT2D eigenvalue weighted by atomic mass is 9.97. The molecule has 0 aliphatic carbocycles. The smallest absolute Gasteiger partial charge is 0.129 e. The number of halogens is 1. The number of pyridine rings is 1. The number of aromatic nitrogens is 1. The molecular weight excluding hydrogens is 266 g/mol. The Labute approximate surface area is 105 Å². The van der Waals surface area contributed by atoms with E-state index < -0.39 is 0 Å². The molecule has 88 valence electrons. The molecule has 1 aromatic heterocycles. The predicted octanol–water partition coefficient (Wildman–Crippen LogP) is 2.60. The highest BCUT2D eigenvalue weighted by Crippen LogP contribution is 2.21. The van der Waals surface area contributed by atoms with Gasteiger partial charge < -0.3 is 10.2 Å². The van der Waals surface area contributed by atoms with Gasteiger partial charge in [0.15, 0.2) is 0 Å². The Morgan fingerprint density at radius 2 is 2.25 bits per heavy atom. The third-order valence-electron chi connectivity index (χ3n) is 3.18. The monoisotopic (exact) mass is 283 g/mol. The van der Waals surface area contributed by atoms with Gasteiger partial charge in [0.2, 0.25) is 0 Å². The predicted molar refractivity (Wildman–Crippen MR) is 70.6 cm³/mol. The van der Waals surface area contributed by atoms with Crippen LogP contribution in [0.2, 0.25) is 0 Å². The standard InChI is InChI=1S/C12H18BrN3/c1-16-7-4-10(5-8-16)9-15-11-3-2-6-14-12(11)13/h2-3,6,10,15H,4-5,7-9H2,1H3. The molecule has 0 spiro atoms. The van der Waals surface area contributed by atoms with Crippen molar-refractivity contribution in [1.29, 1.82) is 0 Å². The third-order valence-corrected chi connectivity index (χ3v) is 3.81. The van der Waals surface area contributed by atoms with Gasteiger partial charge in [-0.05, 0) is 67.0 Å². The van der Waals surface area contributed by atoms with Crippen LogP contribution in [0.4, 0.5) is 5.69 Å². The van der Waals surface area contributed by atoms with Crippen molar-refractivity contribution >= 4 is 21.6 Å². The van der Waals surface area contributed by atoms with Crippen molar-refractivity contribution in [3.8, 4) is 0 Å². The Morgan fingerprint density at radius 3 is 2.94 bits per heavy atom. The summed E-state index contributed by atoms with van der Waals surface area (Å²) in [6, 6.07) is 4.02. The maximum Gasteiger partial charge on any atom is 0.129 e. The van der Waals surface area contributed by atoms with Crippen molar-refractivity contribution in [2.75, 3.05) is 32.0 Å². The van der Waals surface area contributed by atoms with E-state index in [9.17, 15) is 0 Å². The fourth-order valence-corrected chi connectivity index (χ4v) is 2.43. The minimum Gasteiger partial charge on any atom is -0.383 e. The molecule has 0 aromatic carbocycles. The zero-order valence-corrected chi connectivity index (χ0v) is 11.2. The van der Waals surface area contributed by atoms with Gasteiger partial charge in [-0.3, -0.25) is 0 Å². The molecule has 1 aromatic rings. The molecule has 0 amide bonds. The van der Waals surface area contributed by atoms with Crippen LogP contribution in [-0.2, 0) is 0 Å². The Balaban J connectivity index is 1.81. The van der Waals surface area contributed by atoms with E-state index in [0.29, 0.717) is 0 Å². The van der Waals surface area contributed by atoms with Gasteiger partial charge in [0.1, 0.15) is 4.60 Å². The summed E-state index contributed by atoms with van der Waals surface area (Å²) >= 11 is 3.45. The number of hydrogen-bond acceptors (Lipinski definition) is 3. The van der Waals surface area contributed by atoms with E-state index in [-0.39, 0.29) is 0 Å². The van der Waals surface area contributed by atoms with Crippen LogP contribution in [0.3, 0.4) is 0 Å². The van der Waals surface area contributed by atoms with E-state index in [1.807, 2.05) is 6.07 Å². The molecule has 0 unspecified atom stereocenters. The van der Waals surface area contributed by atoms with Crippen molar-refractivity contribution < 1.29 is 0 Å². The summed E-state index contributed by atoms with van der Waals surface area (Å²) in [6.07, 6.45) is 4.38. The summed E-state index contributed by atoms with van der Waals surface area (Å²) in [6.45, 7) is 3.50. The van der Waals surface area contributed by atoms with E-state index in [2.05, 4.69) is 44.2 Å². The highest BCUT2D eigenvalue weighted by atomic mass is 79.9. The molecule has 2 rings (SSSR count). The molecule has 16 heavy (non-hydrogen) atoms. The van der Waals surface area contributed by atoms with E-state index in [4.69, 9.17) is 0 Å². The van der Waals surface area contributed by atoms with Gasteiger partial charge in [-0.2, -0.15) is 0 Å². The summed E-state index contributed by atoms with van der Waals surface area (Å²) in [5.74, 6) is 0.795. The topological polar surface area (TPSA) is 28.2 Å². The van der Waals surface area contributed by atoms with Crippen LogP contribution in [0.25, 0.3) is 0 Å². The molecule has 0 saturated carbocycles. The average Bonchev–Trinajstić information content (AvgIpc) is 2.30. The zero-order chi connectivity index (χ0) is 11.4. The second kappa shape index (κ2) is 5.64. The number of nitrogens with zero attached hydrogens (tertiary/aromatic N) is 2. The molecule has 1 saturated heterocycles. The summed E-state index contributed by atoms with van der Waals surface area (Å²) < 4.78 is 0.905. The van der Waals surface area contributed by atoms with Crippen LogP contribution in [0.5, 0.6) is 0 Å². The lowest BCUT2D eigenvalue weighted by Gasteiger charge is -2.29. The van der Waals surface area contributed by atoms with Gasteiger partial charge in [0.05, 0.1) is 5.69 Å². The summed E-state index contributed by atoms with van der Waals surface area (Å²) in [4.78, 5) is 6.60. The molecule has 0 bridgehead atoms. The van der Waals surface area contributed by atoms with E-state index >= 15 is 0 Å². The van der Waals surface area contributed by atoms with Crippen molar-refractivity contribution in [1.82, 2.24) is 9.88 Å². The van der Waals surface area contributed by atoms with Crippen molar-refractivity contribution in [2.24, 2.45) is 5.92 Å². The molecule has 1 fully saturated rings. The largest absolute Gasteiger partial charge is 0.383 e. The second-order valence-electron chi connectivity index (χ2n) is 4.47. The molecule has 1 aliphatic heterocycles. The van der Waals surface area contributed by atoms with E-state index in [1.54, 1.807) is 6.20 Å². The van der Waals surface area contributed by atoms with Crippen molar-refractivity contribution in [2.45, 2.75) is 12.8 Å². The normalized spacial score (nSPS) is 18.6. The number of likely N-dealkylation sites (tertiary alicyclic amines) is 1. The highest BCUT2D eigenvalue weighted by molar-refractivity contribution is 9.10. The lowest BCUT2D eigenvalue weighted by molar-refractivity contribution is 0.226. The molecule has 0 atom stereocenters. The highest BCUT2D eigenvalue weighted by Gasteiger charge is 2.16. The van der Waals surface area contributed by atoms with Gasteiger partial charge >= 0.3 is 0 Å². The first-order valence-corrected chi connectivity index (χ1v) is 6.58. The van der Waals surface area contributed by atoms with Crippen LogP contribution in [0.1, 0.15) is 12.8 Å². The second-order valence-corrected chi connectivity index (χ2v) is 5.22. The van der Waals surface area contributed by atoms with Crippen molar-refractivity contribution in [3.05, 3.63) is 22.9 Å². The lowest BCUT2D eigenvalue weighted by Crippen LogP contribution is -2.33. The van der Waals surface area contributed by atoms with Crippen LogP contribution >= 0.6 is 15.9 Å². The van der Waals surface area contributed by atoms with E-state index in [0.717, 1.165) is 22.8 Å². The number of nitrogens with one attached hydrogen (secondary N) is 1. The Bertz CT molecular complexity index is 335. The number of piperidine rings is 1. The first-order valence-electron chi connectivity index (χ1n) is 5.78. The average molecular weight is 284 g/mol. The number of hydrogen-bond donors (Lipinski definition) is 1. The first-order chi connectivity index (χ1) is 7.75. The van der Waals surface area contributed by atoms with Crippen molar-refractivity contribution in [3.63, 3.8) is 0 Å². The Kier molecular flexibility index (Phi) is 4.18. The molecule has 1 N–H and O–H groups in total. The summed E-state index contributed by atoms with van der Waals surface area (Å²) in [5.41, 5.74) is 1.10. The maximum atomic E-state index is 4.20. The van der Waals surface area contributed by atoms with Crippen LogP contribution in [0.15, 0.2) is 22.9 Å². The molecule has 3 nitrogen and oxygen atoms in total. The SMILES string of the molecule is CN1CCC(CNc2cccnc2Br)CC1. The maximum absolute atomic E-state index is 4.20. The minimum absolute atomic E-state index is 0.795. The summed E-state index contributed by atoms with van der Waals surface area (Å²) in [5, 5.41) is 3.47. The van der Waals surface area contributed by atoms with Gasteiger partial charge in [0, 0.05) is 12.7 Å². The number of anilines is 1. The van der Waals surface area contributed by atoms with Gasteiger partial charge in [-0.1, -0.05) is 0 Å². The first kappa shape index (κ1) is 11.9. The van der Waals surface area contributed by atoms with Gasteiger partial charge in [0.25, 0.3) is 0 Å². The van der Waals surface area contributed by atoms with Gasteiger partial charge in [-0.25, -0.2) is 4.98 Å². The molecule has 2 heterocycles. The van der Waals surface area contributed by atoms with Crippen LogP contribution in [0, 0.1) is 5.92 Å². The third kappa shape index (κ3) is 3.19. The summed E-state index contributed by atoms with van der Waals surface area (Å²) in [7, 11) is 2.20. The minimum atomic E-state index is 0.795. The fraction of sp³-hybridized carbons (Fsp3) is 0.583. The Morgan fingerprint density at radius 1 is 1.50 bits per heavy atom. The molecule has 0 radical (unpaired) electrons. The number of rotatable bonds is 3.